The van der Waals surface area contributed by atoms with E-state index in [9.17, 15) is 4.79 Å². The number of aryl methyl sites for hydroxylation is 2. The summed E-state index contributed by atoms with van der Waals surface area (Å²) < 4.78 is 5.34. The van der Waals surface area contributed by atoms with Crippen LogP contribution >= 0.6 is 0 Å². The van der Waals surface area contributed by atoms with Crippen molar-refractivity contribution in [3.05, 3.63) is 41.2 Å². The number of rotatable bonds is 4. The Balaban J connectivity index is 1.84. The molecule has 1 aromatic carbocycles. The molecule has 1 amide bonds. The maximum Gasteiger partial charge on any atom is 0.274 e. The third-order valence-electron chi connectivity index (χ3n) is 4.57. The Kier molecular flexibility index (Phi) is 5.71. The molecule has 26 heavy (non-hydrogen) atoms. The van der Waals surface area contributed by atoms with Gasteiger partial charge in [-0.15, -0.1) is 0 Å². The number of nitrogens with zero attached hydrogens (tertiary/aromatic N) is 3. The van der Waals surface area contributed by atoms with Crippen molar-refractivity contribution in [2.75, 3.05) is 30.4 Å². The van der Waals surface area contributed by atoms with Gasteiger partial charge in [0.05, 0.1) is 12.8 Å². The van der Waals surface area contributed by atoms with E-state index < -0.39 is 0 Å². The number of amides is 1. The number of anilines is 2. The molecule has 2 heterocycles. The SMILES string of the molecule is COc1ccc(C)cc1NC(=O)c1cc(C)nc(N2CCCCCC2)n1. The Bertz CT molecular complexity index is 783. The summed E-state index contributed by atoms with van der Waals surface area (Å²) in [4.78, 5) is 24.0. The Labute approximate surface area is 154 Å². The first-order chi connectivity index (χ1) is 12.6. The highest BCUT2D eigenvalue weighted by Crippen LogP contribution is 2.26. The number of hydrogen-bond donors (Lipinski definition) is 1. The summed E-state index contributed by atoms with van der Waals surface area (Å²) in [6.45, 7) is 5.75. The molecule has 0 saturated carbocycles. The molecule has 0 atom stereocenters. The first-order valence-electron chi connectivity index (χ1n) is 9.13. The lowest BCUT2D eigenvalue weighted by molar-refractivity contribution is 0.102. The van der Waals surface area contributed by atoms with Crippen molar-refractivity contribution in [3.63, 3.8) is 0 Å². The molecule has 1 N–H and O–H groups in total. The van der Waals surface area contributed by atoms with Gasteiger partial charge < -0.3 is 15.0 Å². The minimum atomic E-state index is -0.254. The van der Waals surface area contributed by atoms with Gasteiger partial charge in [0.2, 0.25) is 5.95 Å². The Morgan fingerprint density at radius 1 is 1.08 bits per heavy atom. The molecule has 6 heteroatoms. The van der Waals surface area contributed by atoms with Crippen LogP contribution in [-0.2, 0) is 0 Å². The fourth-order valence-electron chi connectivity index (χ4n) is 3.19. The number of nitrogens with one attached hydrogen (secondary N) is 1. The van der Waals surface area contributed by atoms with Crippen LogP contribution in [0.1, 0.15) is 47.4 Å². The highest BCUT2D eigenvalue weighted by atomic mass is 16.5. The number of methoxy groups -OCH3 is 1. The van der Waals surface area contributed by atoms with Crippen molar-refractivity contribution in [1.82, 2.24) is 9.97 Å². The molecule has 3 rings (SSSR count). The highest BCUT2D eigenvalue weighted by Gasteiger charge is 2.17. The first-order valence-corrected chi connectivity index (χ1v) is 9.13. The van der Waals surface area contributed by atoms with E-state index in [0.717, 1.165) is 37.2 Å². The summed E-state index contributed by atoms with van der Waals surface area (Å²) in [6.07, 6.45) is 4.75. The molecule has 1 saturated heterocycles. The standard InChI is InChI=1S/C20H26N4O2/c1-14-8-9-18(26-3)16(12-14)22-19(25)17-13-15(2)21-20(23-17)24-10-6-4-5-7-11-24/h8-9,12-13H,4-7,10-11H2,1-3H3,(H,22,25). The predicted octanol–water partition coefficient (Wildman–Crippen LogP) is 3.73. The molecule has 1 aliphatic rings. The van der Waals surface area contributed by atoms with Crippen molar-refractivity contribution >= 4 is 17.5 Å². The van der Waals surface area contributed by atoms with E-state index in [0.29, 0.717) is 23.1 Å². The minimum absolute atomic E-state index is 0.254. The first kappa shape index (κ1) is 18.2. The molecule has 0 spiro atoms. The van der Waals surface area contributed by atoms with Crippen molar-refractivity contribution < 1.29 is 9.53 Å². The Hall–Kier alpha value is -2.63. The highest BCUT2D eigenvalue weighted by molar-refractivity contribution is 6.04. The molecule has 0 aliphatic carbocycles. The number of hydrogen-bond acceptors (Lipinski definition) is 5. The molecule has 0 bridgehead atoms. The largest absolute Gasteiger partial charge is 0.495 e. The zero-order chi connectivity index (χ0) is 18.5. The molecule has 6 nitrogen and oxygen atoms in total. The molecular formula is C20H26N4O2. The zero-order valence-corrected chi connectivity index (χ0v) is 15.7. The lowest BCUT2D eigenvalue weighted by atomic mass is 10.2. The molecule has 0 unspecified atom stereocenters. The van der Waals surface area contributed by atoms with Gasteiger partial charge in [0.1, 0.15) is 11.4 Å². The quantitative estimate of drug-likeness (QED) is 0.906. The summed E-state index contributed by atoms with van der Waals surface area (Å²) in [5.41, 5.74) is 2.86. The van der Waals surface area contributed by atoms with Gasteiger partial charge in [-0.1, -0.05) is 18.9 Å². The van der Waals surface area contributed by atoms with Crippen molar-refractivity contribution in [1.29, 1.82) is 0 Å². The van der Waals surface area contributed by atoms with Gasteiger partial charge in [-0.3, -0.25) is 4.79 Å². The fourth-order valence-corrected chi connectivity index (χ4v) is 3.19. The van der Waals surface area contributed by atoms with Gasteiger partial charge in [-0.25, -0.2) is 9.97 Å². The average Bonchev–Trinajstić information content (AvgIpc) is 2.91. The lowest BCUT2D eigenvalue weighted by Crippen LogP contribution is -2.27. The van der Waals surface area contributed by atoms with Crippen LogP contribution in [0.2, 0.25) is 0 Å². The Morgan fingerprint density at radius 3 is 2.50 bits per heavy atom. The molecule has 2 aromatic rings. The number of aromatic nitrogens is 2. The van der Waals surface area contributed by atoms with Gasteiger partial charge in [0.25, 0.3) is 5.91 Å². The topological polar surface area (TPSA) is 67.3 Å². The van der Waals surface area contributed by atoms with Crippen molar-refractivity contribution in [2.24, 2.45) is 0 Å². The average molecular weight is 354 g/mol. The van der Waals surface area contributed by atoms with E-state index in [4.69, 9.17) is 4.74 Å². The minimum Gasteiger partial charge on any atom is -0.495 e. The van der Waals surface area contributed by atoms with Gasteiger partial charge in [0.15, 0.2) is 0 Å². The molecule has 138 valence electrons. The monoisotopic (exact) mass is 354 g/mol. The van der Waals surface area contributed by atoms with Gasteiger partial charge >= 0.3 is 0 Å². The second-order valence-corrected chi connectivity index (χ2v) is 6.75. The molecule has 0 radical (unpaired) electrons. The summed E-state index contributed by atoms with van der Waals surface area (Å²) in [6, 6.07) is 7.40. The summed E-state index contributed by atoms with van der Waals surface area (Å²) >= 11 is 0. The van der Waals surface area contributed by atoms with E-state index in [1.807, 2.05) is 32.0 Å². The van der Waals surface area contributed by atoms with Crippen LogP contribution in [0.25, 0.3) is 0 Å². The maximum absolute atomic E-state index is 12.8. The molecule has 1 aromatic heterocycles. The number of carbonyl (C=O) groups excluding carboxylic acids is 1. The second-order valence-electron chi connectivity index (χ2n) is 6.75. The third-order valence-corrected chi connectivity index (χ3v) is 4.57. The van der Waals surface area contributed by atoms with Crippen molar-refractivity contribution in [2.45, 2.75) is 39.5 Å². The van der Waals surface area contributed by atoms with E-state index in [-0.39, 0.29) is 5.91 Å². The van der Waals surface area contributed by atoms with Crippen LogP contribution < -0.4 is 15.0 Å². The number of benzene rings is 1. The van der Waals surface area contributed by atoms with Crippen molar-refractivity contribution in [3.8, 4) is 5.75 Å². The molecule has 1 fully saturated rings. The fraction of sp³-hybridized carbons (Fsp3) is 0.450. The van der Waals surface area contributed by atoms with E-state index in [2.05, 4.69) is 20.2 Å². The van der Waals surface area contributed by atoms with Crippen LogP contribution in [0.4, 0.5) is 11.6 Å². The molecular weight excluding hydrogens is 328 g/mol. The van der Waals surface area contributed by atoms with Crippen LogP contribution in [0.15, 0.2) is 24.3 Å². The predicted molar refractivity (Wildman–Crippen MR) is 103 cm³/mol. The van der Waals surface area contributed by atoms with Crippen LogP contribution in [-0.4, -0.2) is 36.1 Å². The van der Waals surface area contributed by atoms with E-state index in [1.54, 1.807) is 13.2 Å². The normalized spacial score (nSPS) is 14.7. The van der Waals surface area contributed by atoms with E-state index >= 15 is 0 Å². The Morgan fingerprint density at radius 2 is 1.81 bits per heavy atom. The smallest absolute Gasteiger partial charge is 0.274 e. The number of ether oxygens (including phenoxy) is 1. The van der Waals surface area contributed by atoms with Gasteiger partial charge in [-0.05, 0) is 50.5 Å². The number of carbonyl (C=O) groups is 1. The summed E-state index contributed by atoms with van der Waals surface area (Å²) in [5, 5.41) is 2.92. The summed E-state index contributed by atoms with van der Waals surface area (Å²) in [7, 11) is 1.59. The van der Waals surface area contributed by atoms with Gasteiger partial charge in [0, 0.05) is 18.8 Å². The zero-order valence-electron chi connectivity index (χ0n) is 15.7. The summed E-state index contributed by atoms with van der Waals surface area (Å²) in [5.74, 6) is 1.02. The lowest BCUT2D eigenvalue weighted by Gasteiger charge is -2.21. The third kappa shape index (κ3) is 4.31. The van der Waals surface area contributed by atoms with Crippen LogP contribution in [0.3, 0.4) is 0 Å². The van der Waals surface area contributed by atoms with Crippen LogP contribution in [0.5, 0.6) is 5.75 Å². The maximum atomic E-state index is 12.8. The van der Waals surface area contributed by atoms with Gasteiger partial charge in [-0.2, -0.15) is 0 Å². The molecule has 1 aliphatic heterocycles. The van der Waals surface area contributed by atoms with Crippen LogP contribution in [0, 0.1) is 13.8 Å². The van der Waals surface area contributed by atoms with E-state index in [1.165, 1.54) is 12.8 Å². The second kappa shape index (κ2) is 8.17.